The van der Waals surface area contributed by atoms with Gasteiger partial charge in [0.05, 0.1) is 34.0 Å². The van der Waals surface area contributed by atoms with E-state index in [2.05, 4.69) is 4.98 Å². The Balaban J connectivity index is 2.02. The van der Waals surface area contributed by atoms with Crippen LogP contribution < -0.4 is 9.46 Å². The normalized spacial score (nSPS) is 15.2. The number of phenols is 1. The topological polar surface area (TPSA) is 115 Å². The molecule has 0 spiro atoms. The first-order valence-electron chi connectivity index (χ1n) is 8.99. The first-order valence-corrected chi connectivity index (χ1v) is 11.7. The van der Waals surface area contributed by atoms with Gasteiger partial charge in [0, 0.05) is 0 Å². The highest BCUT2D eigenvalue weighted by molar-refractivity contribution is 7.92. The number of methoxy groups -OCH3 is 1. The van der Waals surface area contributed by atoms with Gasteiger partial charge in [-0.25, -0.2) is 22.6 Å². The number of phenolic OH excluding ortho intramolecular Hbond substituents is 1. The average molecular weight is 539 g/mol. The molecule has 2 heterocycles. The number of nitrogens with one attached hydrogen (secondary N) is 1. The van der Waals surface area contributed by atoms with Crippen molar-refractivity contribution in [3.63, 3.8) is 0 Å². The fourth-order valence-electron chi connectivity index (χ4n) is 3.12. The van der Waals surface area contributed by atoms with E-state index in [4.69, 9.17) is 21.1 Å². The summed E-state index contributed by atoms with van der Waals surface area (Å²) in [5, 5.41) is 8.38. The van der Waals surface area contributed by atoms with Crippen LogP contribution in [0.1, 0.15) is 21.1 Å². The zero-order chi connectivity index (χ0) is 25.0. The monoisotopic (exact) mass is 538 g/mol. The molecule has 1 aromatic heterocycles. The molecule has 0 amide bonds. The molecule has 15 heteroatoms. The summed E-state index contributed by atoms with van der Waals surface area (Å²) in [5.41, 5.74) is -1.44. The standard InChI is InChI=1S/C19H11ClF4N2O6S2/c1-31-15-10(21)3-7-4-11(15)26-34(29,30)13-5-8(2-9(20)14(13)27)17(28)32-6-12-16(7)33-18(25-12)19(22,23)24/h2-5,26-27H,6H2,1H3. The van der Waals surface area contributed by atoms with Gasteiger partial charge in [-0.2, -0.15) is 13.2 Å². The molecule has 4 bridgehead atoms. The second-order valence-electron chi connectivity index (χ2n) is 6.82. The number of carbonyl (C=O) groups is 1. The number of aromatic nitrogens is 1. The van der Waals surface area contributed by atoms with Crippen molar-refractivity contribution in [2.45, 2.75) is 17.7 Å². The van der Waals surface area contributed by atoms with Crippen molar-refractivity contribution in [1.29, 1.82) is 0 Å². The van der Waals surface area contributed by atoms with E-state index in [0.29, 0.717) is 0 Å². The molecule has 3 aromatic rings. The Hall–Kier alpha value is -3.10. The van der Waals surface area contributed by atoms with Crippen LogP contribution in [0.5, 0.6) is 11.5 Å². The first-order chi connectivity index (χ1) is 15.8. The molecule has 0 saturated heterocycles. The van der Waals surface area contributed by atoms with E-state index in [1.165, 1.54) is 0 Å². The lowest BCUT2D eigenvalue weighted by molar-refractivity contribution is -0.137. The molecule has 0 atom stereocenters. The number of thiazole rings is 1. The van der Waals surface area contributed by atoms with Crippen molar-refractivity contribution in [3.05, 3.63) is 51.4 Å². The summed E-state index contributed by atoms with van der Waals surface area (Å²) >= 11 is 6.02. The predicted octanol–water partition coefficient (Wildman–Crippen LogP) is 4.81. The Morgan fingerprint density at radius 2 is 1.94 bits per heavy atom. The van der Waals surface area contributed by atoms with Gasteiger partial charge in [0.25, 0.3) is 10.0 Å². The van der Waals surface area contributed by atoms with Crippen LogP contribution in [-0.2, 0) is 27.5 Å². The number of cyclic esters (lactones) is 1. The zero-order valence-electron chi connectivity index (χ0n) is 16.7. The van der Waals surface area contributed by atoms with Gasteiger partial charge in [-0.3, -0.25) is 4.72 Å². The fraction of sp³-hybridized carbons (Fsp3) is 0.158. The lowest BCUT2D eigenvalue weighted by Gasteiger charge is -2.15. The SMILES string of the molecule is COc1c(F)cc2cc1NS(=O)(=O)c1cc(cc(Cl)c1O)C(=O)OCc1nc(C(F)(F)F)sc1-2. The maximum Gasteiger partial charge on any atom is 0.443 e. The Labute approximate surface area is 197 Å². The number of carbonyl (C=O) groups excluding carboxylic acids is 1. The summed E-state index contributed by atoms with van der Waals surface area (Å²) in [7, 11) is -3.66. The van der Waals surface area contributed by atoms with Crippen LogP contribution in [0.3, 0.4) is 0 Å². The van der Waals surface area contributed by atoms with Gasteiger partial charge in [-0.1, -0.05) is 11.6 Å². The predicted molar refractivity (Wildman–Crippen MR) is 112 cm³/mol. The minimum Gasteiger partial charge on any atom is -0.505 e. The number of alkyl halides is 3. The lowest BCUT2D eigenvalue weighted by atomic mass is 10.1. The number of hydrogen-bond donors (Lipinski definition) is 2. The molecule has 1 aliphatic heterocycles. The third-order valence-electron chi connectivity index (χ3n) is 4.59. The highest BCUT2D eigenvalue weighted by Gasteiger charge is 2.37. The number of nitrogens with zero attached hydrogens (tertiary/aromatic N) is 1. The second-order valence-corrected chi connectivity index (χ2v) is 9.88. The molecule has 8 nitrogen and oxygen atoms in total. The smallest absolute Gasteiger partial charge is 0.443 e. The summed E-state index contributed by atoms with van der Waals surface area (Å²) in [6.45, 7) is -0.752. The second kappa shape index (κ2) is 8.29. The third kappa shape index (κ3) is 4.23. The van der Waals surface area contributed by atoms with E-state index >= 15 is 0 Å². The molecule has 2 N–H and O–H groups in total. The largest absolute Gasteiger partial charge is 0.505 e. The fourth-order valence-corrected chi connectivity index (χ4v) is 5.51. The van der Waals surface area contributed by atoms with Crippen LogP contribution in [0, 0.1) is 5.82 Å². The van der Waals surface area contributed by atoms with Crippen LogP contribution in [0.25, 0.3) is 10.4 Å². The maximum atomic E-state index is 14.8. The number of aromatic hydroxyl groups is 1. The quantitative estimate of drug-likeness (QED) is 0.337. The minimum absolute atomic E-state index is 0.154. The van der Waals surface area contributed by atoms with E-state index in [1.807, 2.05) is 4.72 Å². The molecule has 0 unspecified atom stereocenters. The Morgan fingerprint density at radius 1 is 1.24 bits per heavy atom. The average Bonchev–Trinajstić information content (AvgIpc) is 3.17. The number of sulfonamides is 1. The van der Waals surface area contributed by atoms with Crippen LogP contribution in [0.2, 0.25) is 5.02 Å². The number of esters is 1. The van der Waals surface area contributed by atoms with Crippen LogP contribution in [0.4, 0.5) is 23.2 Å². The van der Waals surface area contributed by atoms with Gasteiger partial charge >= 0.3 is 12.1 Å². The summed E-state index contributed by atoms with van der Waals surface area (Å²) in [6.07, 6.45) is -4.85. The summed E-state index contributed by atoms with van der Waals surface area (Å²) in [4.78, 5) is 14.9. The summed E-state index contributed by atoms with van der Waals surface area (Å²) in [5.74, 6) is -3.72. The number of benzene rings is 2. The van der Waals surface area contributed by atoms with Gasteiger partial charge in [-0.15, -0.1) is 11.3 Å². The lowest BCUT2D eigenvalue weighted by Crippen LogP contribution is -2.15. The van der Waals surface area contributed by atoms with Gasteiger partial charge in [0.1, 0.15) is 11.5 Å². The van der Waals surface area contributed by atoms with Gasteiger partial charge in [-0.05, 0) is 29.8 Å². The highest BCUT2D eigenvalue weighted by atomic mass is 35.5. The molecule has 0 saturated carbocycles. The minimum atomic E-state index is -4.85. The molecule has 180 valence electrons. The maximum absolute atomic E-state index is 14.8. The van der Waals surface area contributed by atoms with Gasteiger partial charge < -0.3 is 14.6 Å². The van der Waals surface area contributed by atoms with Gasteiger partial charge in [0.2, 0.25) is 0 Å². The molecule has 4 rings (SSSR count). The van der Waals surface area contributed by atoms with Crippen molar-refractivity contribution >= 4 is 44.6 Å². The van der Waals surface area contributed by atoms with Crippen LogP contribution >= 0.6 is 22.9 Å². The molecular formula is C19H11ClF4N2O6S2. The number of ether oxygens (including phenoxy) is 2. The molecule has 1 aliphatic rings. The molecule has 0 fully saturated rings. The van der Waals surface area contributed by atoms with Gasteiger partial charge in [0.15, 0.2) is 22.3 Å². The zero-order valence-corrected chi connectivity index (χ0v) is 19.0. The van der Waals surface area contributed by atoms with Crippen molar-refractivity contribution < 1.29 is 45.4 Å². The number of fused-ring (bicyclic) bond motifs is 6. The Morgan fingerprint density at radius 3 is 2.59 bits per heavy atom. The summed E-state index contributed by atoms with van der Waals surface area (Å²) in [6, 6.07) is 3.52. The van der Waals surface area contributed by atoms with Crippen molar-refractivity contribution in [2.75, 3.05) is 11.8 Å². The van der Waals surface area contributed by atoms with Crippen molar-refractivity contribution in [2.24, 2.45) is 0 Å². The number of halogens is 5. The van der Waals surface area contributed by atoms with E-state index in [0.717, 1.165) is 31.4 Å². The van der Waals surface area contributed by atoms with E-state index < -0.39 is 72.3 Å². The number of hydrogen-bond acceptors (Lipinski definition) is 8. The molecule has 0 aliphatic carbocycles. The molecule has 0 radical (unpaired) electrons. The molecular weight excluding hydrogens is 528 g/mol. The summed E-state index contributed by atoms with van der Waals surface area (Å²) < 4.78 is 92.7. The molecule has 34 heavy (non-hydrogen) atoms. The molecule has 2 aromatic carbocycles. The Kier molecular flexibility index (Phi) is 5.86. The van der Waals surface area contributed by atoms with E-state index in [1.54, 1.807) is 0 Å². The Bertz CT molecular complexity index is 1440. The van der Waals surface area contributed by atoms with E-state index in [9.17, 15) is 35.9 Å². The van der Waals surface area contributed by atoms with Crippen LogP contribution in [-0.4, -0.2) is 31.6 Å². The van der Waals surface area contributed by atoms with Crippen LogP contribution in [0.15, 0.2) is 29.2 Å². The highest BCUT2D eigenvalue weighted by Crippen LogP contribution is 2.43. The number of rotatable bonds is 1. The van der Waals surface area contributed by atoms with Crippen molar-refractivity contribution in [1.82, 2.24) is 4.98 Å². The van der Waals surface area contributed by atoms with E-state index in [-0.39, 0.29) is 27.5 Å². The number of anilines is 1. The first kappa shape index (κ1) is 24.0. The van der Waals surface area contributed by atoms with Crippen molar-refractivity contribution in [3.8, 4) is 21.9 Å². The third-order valence-corrected chi connectivity index (χ3v) is 7.45.